The Bertz CT molecular complexity index is 553. The molecular formula is C11H14ClN5O3. The molecule has 0 spiro atoms. The number of halogens is 1. The van der Waals surface area contributed by atoms with Gasteiger partial charge in [0.15, 0.2) is 6.29 Å². The van der Waals surface area contributed by atoms with Crippen LogP contribution in [0.25, 0.3) is 0 Å². The molecule has 1 fully saturated rings. The number of carbonyl (C=O) groups excluding carboxylic acids is 1. The first-order valence-electron chi connectivity index (χ1n) is 5.96. The SMILES string of the molecule is C[C@@H]1CN(C(=O)O)CCN1c1nc(N)nc(Cl)c1C=O. The number of carbonyl (C=O) groups is 2. The Morgan fingerprint density at radius 3 is 2.75 bits per heavy atom. The van der Waals surface area contributed by atoms with Crippen molar-refractivity contribution in [2.24, 2.45) is 0 Å². The van der Waals surface area contributed by atoms with E-state index in [9.17, 15) is 9.59 Å². The molecule has 0 radical (unpaired) electrons. The summed E-state index contributed by atoms with van der Waals surface area (Å²) in [5.41, 5.74) is 5.72. The number of aromatic nitrogens is 2. The molecular weight excluding hydrogens is 286 g/mol. The second-order valence-electron chi connectivity index (χ2n) is 4.50. The molecule has 1 atom stereocenters. The Morgan fingerprint density at radius 2 is 2.20 bits per heavy atom. The third-order valence-corrected chi connectivity index (χ3v) is 3.47. The first-order chi connectivity index (χ1) is 9.43. The van der Waals surface area contributed by atoms with E-state index in [1.54, 1.807) is 0 Å². The summed E-state index contributed by atoms with van der Waals surface area (Å²) < 4.78 is 0. The van der Waals surface area contributed by atoms with Gasteiger partial charge in [-0.2, -0.15) is 4.98 Å². The first kappa shape index (κ1) is 14.3. The van der Waals surface area contributed by atoms with Gasteiger partial charge in [-0.15, -0.1) is 0 Å². The van der Waals surface area contributed by atoms with Crippen molar-refractivity contribution in [2.75, 3.05) is 30.3 Å². The number of hydrogen-bond donors (Lipinski definition) is 2. The van der Waals surface area contributed by atoms with E-state index in [1.807, 2.05) is 11.8 Å². The predicted octanol–water partition coefficient (Wildman–Crippen LogP) is 0.713. The van der Waals surface area contributed by atoms with E-state index in [4.69, 9.17) is 22.4 Å². The molecule has 1 aromatic heterocycles. The Morgan fingerprint density at radius 1 is 1.50 bits per heavy atom. The van der Waals surface area contributed by atoms with Crippen molar-refractivity contribution >= 4 is 35.7 Å². The van der Waals surface area contributed by atoms with Crippen LogP contribution in [0.15, 0.2) is 0 Å². The van der Waals surface area contributed by atoms with Crippen LogP contribution in [-0.4, -0.2) is 58.0 Å². The number of piperazine rings is 1. The summed E-state index contributed by atoms with van der Waals surface area (Å²) in [6, 6.07) is -0.149. The van der Waals surface area contributed by atoms with Crippen LogP contribution in [-0.2, 0) is 0 Å². The molecule has 20 heavy (non-hydrogen) atoms. The van der Waals surface area contributed by atoms with Crippen molar-refractivity contribution in [3.8, 4) is 0 Å². The lowest BCUT2D eigenvalue weighted by molar-refractivity contribution is 0.112. The molecule has 0 aromatic carbocycles. The van der Waals surface area contributed by atoms with Crippen molar-refractivity contribution in [1.82, 2.24) is 14.9 Å². The predicted molar refractivity (Wildman–Crippen MR) is 73.2 cm³/mol. The van der Waals surface area contributed by atoms with Crippen LogP contribution in [0.2, 0.25) is 5.15 Å². The number of carboxylic acid groups (broad SMARTS) is 1. The van der Waals surface area contributed by atoms with Gasteiger partial charge in [-0.25, -0.2) is 9.78 Å². The van der Waals surface area contributed by atoms with Crippen molar-refractivity contribution in [2.45, 2.75) is 13.0 Å². The standard InChI is InChI=1S/C11H14ClN5O3/c1-6-4-16(11(19)20)2-3-17(6)9-7(5-18)8(12)14-10(13)15-9/h5-6H,2-4H2,1H3,(H,19,20)(H2,13,14,15)/t6-/m1/s1. The number of anilines is 2. The summed E-state index contributed by atoms with van der Waals surface area (Å²) in [6.07, 6.45) is -0.389. The lowest BCUT2D eigenvalue weighted by Crippen LogP contribution is -2.54. The first-order valence-corrected chi connectivity index (χ1v) is 6.34. The number of hydrogen-bond acceptors (Lipinski definition) is 6. The Labute approximate surface area is 120 Å². The van der Waals surface area contributed by atoms with Crippen LogP contribution in [0, 0.1) is 0 Å². The van der Waals surface area contributed by atoms with E-state index in [0.717, 1.165) is 0 Å². The van der Waals surface area contributed by atoms with Crippen molar-refractivity contribution < 1.29 is 14.7 Å². The van der Waals surface area contributed by atoms with Crippen LogP contribution >= 0.6 is 11.6 Å². The molecule has 8 nitrogen and oxygen atoms in total. The van der Waals surface area contributed by atoms with Crippen molar-refractivity contribution in [3.63, 3.8) is 0 Å². The Hall–Kier alpha value is -2.09. The molecule has 2 heterocycles. The van der Waals surface area contributed by atoms with E-state index in [1.165, 1.54) is 4.90 Å². The minimum Gasteiger partial charge on any atom is -0.465 e. The second kappa shape index (κ2) is 5.49. The molecule has 9 heteroatoms. The molecule has 1 aromatic rings. The van der Waals surface area contributed by atoms with Gasteiger partial charge >= 0.3 is 6.09 Å². The zero-order valence-electron chi connectivity index (χ0n) is 10.8. The molecule has 1 amide bonds. The zero-order valence-corrected chi connectivity index (χ0v) is 11.5. The number of amides is 1. The van der Waals surface area contributed by atoms with E-state index >= 15 is 0 Å². The van der Waals surface area contributed by atoms with Crippen LogP contribution in [0.3, 0.4) is 0 Å². The smallest absolute Gasteiger partial charge is 0.407 e. The van der Waals surface area contributed by atoms with Gasteiger partial charge in [-0.05, 0) is 6.92 Å². The summed E-state index contributed by atoms with van der Waals surface area (Å²) in [5.74, 6) is 0.318. The fourth-order valence-electron chi connectivity index (χ4n) is 2.21. The number of nitrogens with zero attached hydrogens (tertiary/aromatic N) is 4. The molecule has 1 aliphatic heterocycles. The highest BCUT2D eigenvalue weighted by Gasteiger charge is 2.29. The maximum atomic E-state index is 11.1. The molecule has 0 aliphatic carbocycles. The van der Waals surface area contributed by atoms with Gasteiger partial charge in [-0.3, -0.25) is 4.79 Å². The molecule has 2 rings (SSSR count). The van der Waals surface area contributed by atoms with Crippen molar-refractivity contribution in [3.05, 3.63) is 10.7 Å². The minimum absolute atomic E-state index is 0.00429. The topological polar surface area (TPSA) is 113 Å². The third-order valence-electron chi connectivity index (χ3n) is 3.18. The third kappa shape index (κ3) is 2.60. The van der Waals surface area contributed by atoms with Crippen LogP contribution < -0.4 is 10.6 Å². The summed E-state index contributed by atoms with van der Waals surface area (Å²) in [6.45, 7) is 2.88. The normalized spacial score (nSPS) is 19.0. The largest absolute Gasteiger partial charge is 0.465 e. The lowest BCUT2D eigenvalue weighted by atomic mass is 10.1. The number of aldehydes is 1. The number of nitrogen functional groups attached to an aromatic ring is 1. The fourth-order valence-corrected chi connectivity index (χ4v) is 2.43. The quantitative estimate of drug-likeness (QED) is 0.611. The summed E-state index contributed by atoms with van der Waals surface area (Å²) >= 11 is 5.89. The van der Waals surface area contributed by atoms with Gasteiger partial charge in [-0.1, -0.05) is 11.6 Å². The monoisotopic (exact) mass is 299 g/mol. The second-order valence-corrected chi connectivity index (χ2v) is 4.86. The molecule has 0 unspecified atom stereocenters. The maximum absolute atomic E-state index is 11.1. The minimum atomic E-state index is -0.965. The highest BCUT2D eigenvalue weighted by molar-refractivity contribution is 6.32. The molecule has 0 saturated carbocycles. The van der Waals surface area contributed by atoms with Gasteiger partial charge < -0.3 is 20.6 Å². The molecule has 1 aliphatic rings. The summed E-state index contributed by atoms with van der Waals surface area (Å²) in [7, 11) is 0. The van der Waals surface area contributed by atoms with Gasteiger partial charge in [0.1, 0.15) is 11.0 Å². The highest BCUT2D eigenvalue weighted by Crippen LogP contribution is 2.26. The highest BCUT2D eigenvalue weighted by atomic mass is 35.5. The van der Waals surface area contributed by atoms with E-state index in [2.05, 4.69) is 9.97 Å². The Balaban J connectivity index is 2.33. The van der Waals surface area contributed by atoms with Crippen LogP contribution in [0.1, 0.15) is 17.3 Å². The van der Waals surface area contributed by atoms with Gasteiger partial charge in [0.05, 0.1) is 5.56 Å². The lowest BCUT2D eigenvalue weighted by Gasteiger charge is -2.39. The summed E-state index contributed by atoms with van der Waals surface area (Å²) in [5, 5.41) is 8.98. The maximum Gasteiger partial charge on any atom is 0.407 e. The van der Waals surface area contributed by atoms with Crippen LogP contribution in [0.4, 0.5) is 16.6 Å². The average Bonchev–Trinajstić information content (AvgIpc) is 2.37. The van der Waals surface area contributed by atoms with Crippen molar-refractivity contribution in [1.29, 1.82) is 0 Å². The Kier molecular flexibility index (Phi) is 3.93. The summed E-state index contributed by atoms with van der Waals surface area (Å²) in [4.78, 5) is 33.0. The molecule has 3 N–H and O–H groups in total. The van der Waals surface area contributed by atoms with Gasteiger partial charge in [0.25, 0.3) is 0 Å². The van der Waals surface area contributed by atoms with Gasteiger partial charge in [0.2, 0.25) is 5.95 Å². The van der Waals surface area contributed by atoms with Crippen LogP contribution in [0.5, 0.6) is 0 Å². The zero-order chi connectivity index (χ0) is 14.9. The van der Waals surface area contributed by atoms with E-state index < -0.39 is 6.09 Å². The molecule has 0 bridgehead atoms. The van der Waals surface area contributed by atoms with Gasteiger partial charge in [0, 0.05) is 25.7 Å². The molecule has 108 valence electrons. The number of nitrogens with two attached hydrogens (primary N) is 1. The fraction of sp³-hybridized carbons (Fsp3) is 0.455. The number of rotatable bonds is 2. The average molecular weight is 300 g/mol. The van der Waals surface area contributed by atoms with E-state index in [0.29, 0.717) is 31.7 Å². The molecule has 1 saturated heterocycles. The van der Waals surface area contributed by atoms with E-state index in [-0.39, 0.29) is 22.7 Å².